The third-order valence-corrected chi connectivity index (χ3v) is 6.33. The van der Waals surface area contributed by atoms with E-state index in [1.165, 1.54) is 44.4 Å². The van der Waals surface area contributed by atoms with Crippen molar-refractivity contribution >= 4 is 10.9 Å². The molecule has 0 radical (unpaired) electrons. The van der Waals surface area contributed by atoms with Crippen LogP contribution in [0.5, 0.6) is 0 Å². The van der Waals surface area contributed by atoms with Crippen LogP contribution in [0, 0.1) is 6.92 Å². The van der Waals surface area contributed by atoms with Crippen molar-refractivity contribution in [2.24, 2.45) is 0 Å². The zero-order chi connectivity index (χ0) is 19.5. The number of aryl methyl sites for hydroxylation is 2. The van der Waals surface area contributed by atoms with Crippen molar-refractivity contribution in [1.29, 1.82) is 0 Å². The molecule has 2 heteroatoms. The van der Waals surface area contributed by atoms with Crippen LogP contribution in [0.2, 0.25) is 0 Å². The second-order valence-corrected chi connectivity index (χ2v) is 8.32. The first-order valence-electron chi connectivity index (χ1n) is 10.1. The number of rotatable bonds is 2. The van der Waals surface area contributed by atoms with E-state index in [4.69, 9.17) is 0 Å². The van der Waals surface area contributed by atoms with Gasteiger partial charge in [-0.1, -0.05) is 44.2 Å². The Labute approximate surface area is 166 Å². The summed E-state index contributed by atoms with van der Waals surface area (Å²) in [7, 11) is 0. The van der Waals surface area contributed by atoms with E-state index >= 15 is 0 Å². The van der Waals surface area contributed by atoms with E-state index in [2.05, 4.69) is 110 Å². The fourth-order valence-corrected chi connectivity index (χ4v) is 4.70. The van der Waals surface area contributed by atoms with Crippen LogP contribution in [0.4, 0.5) is 0 Å². The first kappa shape index (κ1) is 17.1. The molecule has 28 heavy (non-hydrogen) atoms. The minimum atomic E-state index is -0.0304. The van der Waals surface area contributed by atoms with E-state index in [1.807, 2.05) is 0 Å². The molecule has 2 heterocycles. The molecule has 0 spiro atoms. The monoisotopic (exact) mass is 366 g/mol. The molecule has 0 amide bonds. The Hall–Kier alpha value is -3.00. The average molecular weight is 367 g/mol. The Bertz CT molecular complexity index is 1230. The van der Waals surface area contributed by atoms with Gasteiger partial charge in [0.25, 0.3) is 0 Å². The highest BCUT2D eigenvalue weighted by atomic mass is 15.0. The van der Waals surface area contributed by atoms with Crippen molar-refractivity contribution in [3.05, 3.63) is 89.9 Å². The molecule has 0 fully saturated rings. The summed E-state index contributed by atoms with van der Waals surface area (Å²) in [6.45, 7) is 10.1. The lowest BCUT2D eigenvalue weighted by Crippen LogP contribution is -2.35. The van der Waals surface area contributed by atoms with E-state index in [1.54, 1.807) is 0 Å². The van der Waals surface area contributed by atoms with Crippen LogP contribution < -0.4 is 9.13 Å². The minimum Gasteiger partial charge on any atom is -0.205 e. The van der Waals surface area contributed by atoms with Crippen LogP contribution in [0.15, 0.2) is 73.2 Å². The normalized spacial score (nSPS) is 14.1. The van der Waals surface area contributed by atoms with Gasteiger partial charge in [0.05, 0.1) is 5.39 Å². The molecule has 0 aliphatic heterocycles. The summed E-state index contributed by atoms with van der Waals surface area (Å²) >= 11 is 0. The van der Waals surface area contributed by atoms with Crippen molar-refractivity contribution < 1.29 is 9.13 Å². The van der Waals surface area contributed by atoms with Crippen molar-refractivity contribution in [1.82, 2.24) is 0 Å². The molecular weight excluding hydrogens is 340 g/mol. The van der Waals surface area contributed by atoms with Crippen molar-refractivity contribution in [2.45, 2.75) is 39.7 Å². The molecule has 0 saturated carbocycles. The van der Waals surface area contributed by atoms with Gasteiger partial charge in [-0.2, -0.15) is 4.57 Å². The lowest BCUT2D eigenvalue weighted by atomic mass is 9.83. The molecule has 0 unspecified atom stereocenters. The third kappa shape index (κ3) is 2.27. The SMILES string of the molecule is CC[n+]1ccc2c(c1)C(C)(C)c1c[n+](-c3ccccc3C)c3ccccc3c1-2. The van der Waals surface area contributed by atoms with E-state index in [0.29, 0.717) is 0 Å². The molecule has 2 aromatic heterocycles. The van der Waals surface area contributed by atoms with Crippen LogP contribution >= 0.6 is 0 Å². The average Bonchev–Trinajstić information content (AvgIpc) is 2.94. The van der Waals surface area contributed by atoms with Crippen molar-refractivity contribution in [3.8, 4) is 16.8 Å². The Morgan fingerprint density at radius 1 is 0.857 bits per heavy atom. The molecule has 0 bridgehead atoms. The topological polar surface area (TPSA) is 7.76 Å². The van der Waals surface area contributed by atoms with Gasteiger partial charge in [0.15, 0.2) is 18.6 Å². The molecule has 5 rings (SSSR count). The van der Waals surface area contributed by atoms with Crippen LogP contribution in [-0.4, -0.2) is 0 Å². The number of para-hydroxylation sites is 2. The zero-order valence-corrected chi connectivity index (χ0v) is 17.0. The minimum absolute atomic E-state index is 0.0304. The van der Waals surface area contributed by atoms with Crippen molar-refractivity contribution in [3.63, 3.8) is 0 Å². The van der Waals surface area contributed by atoms with E-state index < -0.39 is 0 Å². The number of fused-ring (bicyclic) bond motifs is 5. The fourth-order valence-electron chi connectivity index (χ4n) is 4.70. The highest BCUT2D eigenvalue weighted by Crippen LogP contribution is 2.49. The molecule has 138 valence electrons. The van der Waals surface area contributed by atoms with E-state index in [-0.39, 0.29) is 5.41 Å². The van der Waals surface area contributed by atoms with Crippen LogP contribution in [-0.2, 0) is 12.0 Å². The number of aromatic nitrogens is 2. The highest BCUT2D eigenvalue weighted by molar-refractivity contribution is 5.99. The summed E-state index contributed by atoms with van der Waals surface area (Å²) in [5.74, 6) is 0. The number of hydrogen-bond donors (Lipinski definition) is 0. The van der Waals surface area contributed by atoms with E-state index in [0.717, 1.165) is 6.54 Å². The van der Waals surface area contributed by atoms with Crippen LogP contribution in [0.1, 0.15) is 37.5 Å². The fraction of sp³-hybridized carbons (Fsp3) is 0.231. The molecule has 4 aromatic rings. The van der Waals surface area contributed by atoms with E-state index in [9.17, 15) is 0 Å². The maximum atomic E-state index is 2.38. The summed E-state index contributed by atoms with van der Waals surface area (Å²) in [6.07, 6.45) is 6.92. The zero-order valence-electron chi connectivity index (χ0n) is 17.0. The lowest BCUT2D eigenvalue weighted by Gasteiger charge is -2.19. The molecule has 2 nitrogen and oxygen atoms in total. The Balaban J connectivity index is 1.91. The van der Waals surface area contributed by atoms with Crippen LogP contribution in [0.25, 0.3) is 27.7 Å². The van der Waals surface area contributed by atoms with Gasteiger partial charge in [-0.15, -0.1) is 0 Å². The lowest BCUT2D eigenvalue weighted by molar-refractivity contribution is -0.694. The number of pyridine rings is 2. The molecule has 0 N–H and O–H groups in total. The first-order valence-corrected chi connectivity index (χ1v) is 10.1. The largest absolute Gasteiger partial charge is 0.219 e. The van der Waals surface area contributed by atoms with Gasteiger partial charge in [-0.25, -0.2) is 4.57 Å². The van der Waals surface area contributed by atoms with Gasteiger partial charge in [-0.05, 0) is 25.5 Å². The molecule has 0 atom stereocenters. The maximum absolute atomic E-state index is 2.38. The summed E-state index contributed by atoms with van der Waals surface area (Å²) in [5.41, 5.74) is 9.34. The molecule has 1 aliphatic carbocycles. The Morgan fingerprint density at radius 2 is 1.61 bits per heavy atom. The predicted octanol–water partition coefficient (Wildman–Crippen LogP) is 5.04. The van der Waals surface area contributed by atoms with Crippen LogP contribution in [0.3, 0.4) is 0 Å². The van der Waals surface area contributed by atoms with Gasteiger partial charge >= 0.3 is 0 Å². The molecule has 1 aliphatic rings. The number of nitrogens with zero attached hydrogens (tertiary/aromatic N) is 2. The van der Waals surface area contributed by atoms with Gasteiger partial charge in [0.1, 0.15) is 6.54 Å². The molecule has 2 aromatic carbocycles. The number of hydrogen-bond acceptors (Lipinski definition) is 0. The highest BCUT2D eigenvalue weighted by Gasteiger charge is 2.41. The Morgan fingerprint density at radius 3 is 2.39 bits per heavy atom. The summed E-state index contributed by atoms with van der Waals surface area (Å²) in [4.78, 5) is 0. The predicted molar refractivity (Wildman–Crippen MR) is 114 cm³/mol. The summed E-state index contributed by atoms with van der Waals surface area (Å²) < 4.78 is 4.66. The standard InChI is InChI=1S/C26H26N2/c1-5-27-15-14-19-21(16-27)26(3,4)22-17-28(23-12-8-6-10-18(23)2)24-13-9-7-11-20(24)25(19)22/h6-17H,5H2,1-4H3/q+2. The summed E-state index contributed by atoms with van der Waals surface area (Å²) in [5, 5.41) is 1.32. The quantitative estimate of drug-likeness (QED) is 0.439. The maximum Gasteiger partial charge on any atom is 0.219 e. The van der Waals surface area contributed by atoms with Gasteiger partial charge in [0.2, 0.25) is 11.2 Å². The molecular formula is C26H26N2+2. The molecule has 0 saturated heterocycles. The first-order chi connectivity index (χ1) is 13.5. The van der Waals surface area contributed by atoms with Crippen molar-refractivity contribution in [2.75, 3.05) is 0 Å². The smallest absolute Gasteiger partial charge is 0.205 e. The summed E-state index contributed by atoms with van der Waals surface area (Å²) in [6, 6.07) is 19.8. The van der Waals surface area contributed by atoms with Gasteiger partial charge in [-0.3, -0.25) is 0 Å². The third-order valence-electron chi connectivity index (χ3n) is 6.33. The van der Waals surface area contributed by atoms with Gasteiger partial charge in [0, 0.05) is 45.9 Å². The van der Waals surface area contributed by atoms with Gasteiger partial charge < -0.3 is 0 Å². The number of benzene rings is 2. The second-order valence-electron chi connectivity index (χ2n) is 8.32. The second kappa shape index (κ2) is 6.00. The Kier molecular flexibility index (Phi) is 3.67.